The van der Waals surface area contributed by atoms with Gasteiger partial charge in [-0.05, 0) is 45.4 Å². The molecule has 2 N–H and O–H groups in total. The van der Waals surface area contributed by atoms with Crippen LogP contribution in [-0.4, -0.2) is 40.3 Å². The highest BCUT2D eigenvalue weighted by atomic mass is 16.5. The summed E-state index contributed by atoms with van der Waals surface area (Å²) in [6.07, 6.45) is 6.24. The van der Waals surface area contributed by atoms with E-state index in [9.17, 15) is 19.8 Å². The zero-order valence-electron chi connectivity index (χ0n) is 17.6. The predicted octanol–water partition coefficient (Wildman–Crippen LogP) is 3.59. The number of hydrogen-bond acceptors (Lipinski definition) is 5. The summed E-state index contributed by atoms with van der Waals surface area (Å²) < 4.78 is 5.20. The summed E-state index contributed by atoms with van der Waals surface area (Å²) in [4.78, 5) is 24.3. The second kappa shape index (κ2) is 9.65. The molecule has 0 fully saturated rings. The first-order chi connectivity index (χ1) is 12.3. The maximum atomic E-state index is 13.0. The molecule has 1 aliphatic carbocycles. The Morgan fingerprint density at radius 1 is 1.37 bits per heavy atom. The van der Waals surface area contributed by atoms with Gasteiger partial charge in [0.1, 0.15) is 12.4 Å². The third-order valence-corrected chi connectivity index (χ3v) is 5.39. The molecule has 0 radical (unpaired) electrons. The molecule has 5 heteroatoms. The van der Waals surface area contributed by atoms with E-state index in [0.29, 0.717) is 12.3 Å². The molecule has 1 rings (SSSR count). The summed E-state index contributed by atoms with van der Waals surface area (Å²) in [7, 11) is 0. The van der Waals surface area contributed by atoms with Crippen molar-refractivity contribution in [2.45, 2.75) is 78.9 Å². The van der Waals surface area contributed by atoms with Crippen molar-refractivity contribution in [3.8, 4) is 0 Å². The van der Waals surface area contributed by atoms with Gasteiger partial charge < -0.3 is 14.9 Å². The Balaban J connectivity index is 3.22. The number of ether oxygens (including phenoxy) is 1. The number of esters is 1. The Kier molecular flexibility index (Phi) is 8.43. The summed E-state index contributed by atoms with van der Waals surface area (Å²) in [5.74, 6) is 0.112. The molecule has 0 aromatic carbocycles. The van der Waals surface area contributed by atoms with Gasteiger partial charge in [0.2, 0.25) is 0 Å². The maximum Gasteiger partial charge on any atom is 0.302 e. The molecule has 0 aromatic rings. The van der Waals surface area contributed by atoms with Crippen LogP contribution in [0.5, 0.6) is 0 Å². The molecule has 5 nitrogen and oxygen atoms in total. The van der Waals surface area contributed by atoms with Gasteiger partial charge in [0.05, 0.1) is 17.1 Å². The summed E-state index contributed by atoms with van der Waals surface area (Å²) in [6, 6.07) is 0. The standard InChI is InChI=1S/C22H36O5/c1-15(2)18-7-9-21(5,14-27-17(4)23)20(25)12-16(3)11-19(24)13-22(6,26)10-8-18/h8,10-11,15,18-19,24,26H,7,9,12-14H2,1-6H3/b10-8+,16-11+/t18-,19-,21-,22+/m1/s1. The van der Waals surface area contributed by atoms with Crippen molar-refractivity contribution in [3.05, 3.63) is 23.8 Å². The summed E-state index contributed by atoms with van der Waals surface area (Å²) in [5, 5.41) is 20.9. The molecule has 0 saturated heterocycles. The van der Waals surface area contributed by atoms with Crippen molar-refractivity contribution in [3.63, 3.8) is 0 Å². The number of hydrogen-bond donors (Lipinski definition) is 2. The maximum absolute atomic E-state index is 13.0. The summed E-state index contributed by atoms with van der Waals surface area (Å²) in [5.41, 5.74) is -1.15. The van der Waals surface area contributed by atoms with Crippen LogP contribution in [-0.2, 0) is 14.3 Å². The molecule has 0 aromatic heterocycles. The highest BCUT2D eigenvalue weighted by molar-refractivity contribution is 5.86. The second-order valence-corrected chi connectivity index (χ2v) is 8.89. The predicted molar refractivity (Wildman–Crippen MR) is 106 cm³/mol. The third kappa shape index (κ3) is 7.97. The van der Waals surface area contributed by atoms with Gasteiger partial charge in [-0.3, -0.25) is 9.59 Å². The van der Waals surface area contributed by atoms with E-state index in [0.717, 1.165) is 12.0 Å². The normalized spacial score (nSPS) is 36.8. The molecule has 0 saturated carbocycles. The Labute approximate surface area is 163 Å². The van der Waals surface area contributed by atoms with Crippen molar-refractivity contribution in [2.24, 2.45) is 17.3 Å². The van der Waals surface area contributed by atoms with Gasteiger partial charge in [-0.2, -0.15) is 0 Å². The molecule has 154 valence electrons. The van der Waals surface area contributed by atoms with E-state index < -0.39 is 23.1 Å². The lowest BCUT2D eigenvalue weighted by Gasteiger charge is -2.30. The number of aliphatic hydroxyl groups is 2. The number of rotatable bonds is 3. The number of Topliss-reactive ketones (excluding diaryl/α,β-unsaturated/α-hetero) is 1. The highest BCUT2D eigenvalue weighted by Gasteiger charge is 2.35. The lowest BCUT2D eigenvalue weighted by atomic mass is 9.76. The molecule has 0 bridgehead atoms. The van der Waals surface area contributed by atoms with E-state index in [4.69, 9.17) is 4.74 Å². The van der Waals surface area contributed by atoms with Gasteiger partial charge in [0, 0.05) is 19.8 Å². The lowest BCUT2D eigenvalue weighted by Crippen LogP contribution is -2.34. The van der Waals surface area contributed by atoms with Crippen LogP contribution in [0.2, 0.25) is 0 Å². The van der Waals surface area contributed by atoms with Gasteiger partial charge >= 0.3 is 5.97 Å². The van der Waals surface area contributed by atoms with E-state index in [1.807, 2.05) is 13.0 Å². The highest BCUT2D eigenvalue weighted by Crippen LogP contribution is 2.33. The molecule has 0 amide bonds. The smallest absolute Gasteiger partial charge is 0.302 e. The van der Waals surface area contributed by atoms with Crippen molar-refractivity contribution in [1.82, 2.24) is 0 Å². The minimum absolute atomic E-state index is 0.00203. The topological polar surface area (TPSA) is 83.8 Å². The Morgan fingerprint density at radius 2 is 2.00 bits per heavy atom. The minimum atomic E-state index is -1.12. The number of carbonyl (C=O) groups is 2. The van der Waals surface area contributed by atoms with Crippen molar-refractivity contribution < 1.29 is 24.5 Å². The van der Waals surface area contributed by atoms with E-state index in [1.165, 1.54) is 6.92 Å². The first-order valence-corrected chi connectivity index (χ1v) is 9.78. The van der Waals surface area contributed by atoms with Gasteiger partial charge in [0.25, 0.3) is 0 Å². The first-order valence-electron chi connectivity index (χ1n) is 9.78. The second-order valence-electron chi connectivity index (χ2n) is 8.89. The van der Waals surface area contributed by atoms with Crippen LogP contribution in [0.25, 0.3) is 0 Å². The third-order valence-electron chi connectivity index (χ3n) is 5.39. The minimum Gasteiger partial charge on any atom is -0.465 e. The fraction of sp³-hybridized carbons (Fsp3) is 0.727. The van der Waals surface area contributed by atoms with E-state index in [1.54, 1.807) is 26.0 Å². The zero-order valence-corrected chi connectivity index (χ0v) is 17.6. The van der Waals surface area contributed by atoms with Gasteiger partial charge in [-0.25, -0.2) is 0 Å². The van der Waals surface area contributed by atoms with Gasteiger partial charge in [0.15, 0.2) is 0 Å². The summed E-state index contributed by atoms with van der Waals surface area (Å²) in [6.45, 7) is 10.9. The molecule has 0 aliphatic heterocycles. The Hall–Kier alpha value is -1.46. The average Bonchev–Trinajstić information content (AvgIpc) is 2.50. The number of ketones is 1. The monoisotopic (exact) mass is 380 g/mol. The molecule has 0 unspecified atom stereocenters. The van der Waals surface area contributed by atoms with Crippen LogP contribution in [0, 0.1) is 17.3 Å². The van der Waals surface area contributed by atoms with Crippen LogP contribution in [0.1, 0.15) is 67.2 Å². The average molecular weight is 381 g/mol. The van der Waals surface area contributed by atoms with E-state index in [-0.39, 0.29) is 31.1 Å². The SMILES string of the molecule is CC(=O)OC[C@@]1(C)CC[C@@H](C(C)C)/C=C/[C@](C)(O)C[C@H](O)/C=C(\C)CC1=O. The van der Waals surface area contributed by atoms with Crippen LogP contribution in [0.4, 0.5) is 0 Å². The quantitative estimate of drug-likeness (QED) is 0.577. The van der Waals surface area contributed by atoms with Crippen molar-refractivity contribution in [1.29, 1.82) is 0 Å². The van der Waals surface area contributed by atoms with Gasteiger partial charge in [-0.1, -0.05) is 37.6 Å². The van der Waals surface area contributed by atoms with Crippen LogP contribution >= 0.6 is 0 Å². The molecule has 27 heavy (non-hydrogen) atoms. The zero-order chi connectivity index (χ0) is 20.8. The van der Waals surface area contributed by atoms with Crippen LogP contribution in [0.3, 0.4) is 0 Å². The molecule has 0 heterocycles. The molecular formula is C22H36O5. The Morgan fingerprint density at radius 3 is 2.56 bits per heavy atom. The summed E-state index contributed by atoms with van der Waals surface area (Å²) >= 11 is 0. The van der Waals surface area contributed by atoms with E-state index in [2.05, 4.69) is 13.8 Å². The fourth-order valence-electron chi connectivity index (χ4n) is 3.43. The Bertz CT molecular complexity index is 588. The van der Waals surface area contributed by atoms with Crippen LogP contribution < -0.4 is 0 Å². The molecular weight excluding hydrogens is 344 g/mol. The van der Waals surface area contributed by atoms with Gasteiger partial charge in [-0.15, -0.1) is 0 Å². The van der Waals surface area contributed by atoms with Crippen LogP contribution in [0.15, 0.2) is 23.8 Å². The van der Waals surface area contributed by atoms with Crippen molar-refractivity contribution in [2.75, 3.05) is 6.61 Å². The largest absolute Gasteiger partial charge is 0.465 e. The molecule has 0 spiro atoms. The number of aliphatic hydroxyl groups excluding tert-OH is 1. The van der Waals surface area contributed by atoms with E-state index >= 15 is 0 Å². The molecule has 4 atom stereocenters. The first kappa shape index (κ1) is 23.6. The van der Waals surface area contributed by atoms with Crippen molar-refractivity contribution >= 4 is 11.8 Å². The number of allylic oxidation sites excluding steroid dienone is 2. The lowest BCUT2D eigenvalue weighted by molar-refractivity contribution is -0.147. The molecule has 1 aliphatic rings. The number of carbonyl (C=O) groups excluding carboxylic acids is 2. The fourth-order valence-corrected chi connectivity index (χ4v) is 3.43.